The molecule has 2 aromatic rings. The summed E-state index contributed by atoms with van der Waals surface area (Å²) in [5.74, 6) is -0.488. The molecule has 0 fully saturated rings. The van der Waals surface area contributed by atoms with Crippen molar-refractivity contribution in [2.75, 3.05) is 6.54 Å². The van der Waals surface area contributed by atoms with Crippen LogP contribution in [0.25, 0.3) is 0 Å². The SMILES string of the molecule is Cc1ccc(C(C)NC(=O)CNC(c2ccccc2)C(F)(F)F)cc1. The molecule has 0 saturated carbocycles. The molecule has 1 amide bonds. The average molecular weight is 350 g/mol. The number of halogens is 3. The molecule has 2 atom stereocenters. The molecular formula is C19H21F3N2O. The number of carbonyl (C=O) groups excluding carboxylic acids is 1. The van der Waals surface area contributed by atoms with Gasteiger partial charge in [0, 0.05) is 0 Å². The molecule has 0 heterocycles. The lowest BCUT2D eigenvalue weighted by Gasteiger charge is -2.22. The Kier molecular flexibility index (Phi) is 6.20. The molecule has 6 heteroatoms. The average Bonchev–Trinajstić information content (AvgIpc) is 2.55. The summed E-state index contributed by atoms with van der Waals surface area (Å²) in [6.45, 7) is 3.33. The van der Waals surface area contributed by atoms with Crippen LogP contribution in [-0.2, 0) is 4.79 Å². The third-order valence-corrected chi connectivity index (χ3v) is 3.88. The quantitative estimate of drug-likeness (QED) is 0.825. The number of amides is 1. The maximum absolute atomic E-state index is 13.2. The Morgan fingerprint density at radius 2 is 1.60 bits per heavy atom. The highest BCUT2D eigenvalue weighted by Gasteiger charge is 2.40. The minimum Gasteiger partial charge on any atom is -0.348 e. The molecule has 0 radical (unpaired) electrons. The van der Waals surface area contributed by atoms with Gasteiger partial charge >= 0.3 is 6.18 Å². The van der Waals surface area contributed by atoms with Crippen molar-refractivity contribution in [1.82, 2.24) is 10.6 Å². The van der Waals surface area contributed by atoms with Gasteiger partial charge in [0.25, 0.3) is 0 Å². The van der Waals surface area contributed by atoms with Crippen LogP contribution in [0, 0.1) is 6.92 Å². The largest absolute Gasteiger partial charge is 0.407 e. The molecule has 0 bridgehead atoms. The third-order valence-electron chi connectivity index (χ3n) is 3.88. The summed E-state index contributed by atoms with van der Waals surface area (Å²) in [7, 11) is 0. The molecule has 3 nitrogen and oxygen atoms in total. The van der Waals surface area contributed by atoms with E-state index in [-0.39, 0.29) is 11.6 Å². The van der Waals surface area contributed by atoms with Crippen LogP contribution < -0.4 is 10.6 Å². The van der Waals surface area contributed by atoms with Crippen molar-refractivity contribution < 1.29 is 18.0 Å². The highest BCUT2D eigenvalue weighted by atomic mass is 19.4. The van der Waals surface area contributed by atoms with Crippen LogP contribution in [0.5, 0.6) is 0 Å². The van der Waals surface area contributed by atoms with Gasteiger partial charge in [0.2, 0.25) is 5.91 Å². The van der Waals surface area contributed by atoms with E-state index < -0.39 is 24.7 Å². The van der Waals surface area contributed by atoms with Gasteiger partial charge < -0.3 is 5.32 Å². The summed E-state index contributed by atoms with van der Waals surface area (Å²) < 4.78 is 39.7. The summed E-state index contributed by atoms with van der Waals surface area (Å²) in [6, 6.07) is 12.9. The first kappa shape index (κ1) is 19.0. The zero-order valence-electron chi connectivity index (χ0n) is 14.1. The fourth-order valence-corrected chi connectivity index (χ4v) is 2.49. The van der Waals surface area contributed by atoms with Gasteiger partial charge in [-0.2, -0.15) is 13.2 Å². The van der Waals surface area contributed by atoms with Gasteiger partial charge in [-0.15, -0.1) is 0 Å². The molecule has 0 aliphatic heterocycles. The Morgan fingerprint density at radius 1 is 1.00 bits per heavy atom. The highest BCUT2D eigenvalue weighted by Crippen LogP contribution is 2.32. The minimum atomic E-state index is -4.48. The van der Waals surface area contributed by atoms with Gasteiger partial charge in [-0.05, 0) is 25.0 Å². The number of alkyl halides is 3. The Morgan fingerprint density at radius 3 is 2.16 bits per heavy atom. The Bertz CT molecular complexity index is 684. The van der Waals surface area contributed by atoms with Crippen molar-refractivity contribution in [3.8, 4) is 0 Å². The van der Waals surface area contributed by atoms with E-state index in [1.807, 2.05) is 31.2 Å². The topological polar surface area (TPSA) is 41.1 Å². The van der Waals surface area contributed by atoms with Crippen molar-refractivity contribution in [1.29, 1.82) is 0 Å². The van der Waals surface area contributed by atoms with Gasteiger partial charge in [0.15, 0.2) is 0 Å². The number of aryl methyl sites for hydroxylation is 1. The summed E-state index contributed by atoms with van der Waals surface area (Å²) in [4.78, 5) is 12.0. The molecule has 0 aromatic heterocycles. The predicted octanol–water partition coefficient (Wildman–Crippen LogP) is 4.07. The number of hydrogen-bond acceptors (Lipinski definition) is 2. The van der Waals surface area contributed by atoms with Crippen molar-refractivity contribution in [3.05, 3.63) is 71.3 Å². The molecule has 25 heavy (non-hydrogen) atoms. The van der Waals surface area contributed by atoms with E-state index in [1.54, 1.807) is 13.0 Å². The van der Waals surface area contributed by atoms with E-state index in [4.69, 9.17) is 0 Å². The lowest BCUT2D eigenvalue weighted by Crippen LogP contribution is -2.41. The number of hydrogen-bond donors (Lipinski definition) is 2. The zero-order chi connectivity index (χ0) is 18.4. The number of benzene rings is 2. The smallest absolute Gasteiger partial charge is 0.348 e. The zero-order valence-corrected chi connectivity index (χ0v) is 14.1. The molecule has 2 rings (SSSR count). The fourth-order valence-electron chi connectivity index (χ4n) is 2.49. The van der Waals surface area contributed by atoms with Gasteiger partial charge in [0.1, 0.15) is 6.04 Å². The Hall–Kier alpha value is -2.34. The van der Waals surface area contributed by atoms with Crippen LogP contribution in [0.4, 0.5) is 13.2 Å². The van der Waals surface area contributed by atoms with Crippen LogP contribution >= 0.6 is 0 Å². The number of carbonyl (C=O) groups is 1. The molecule has 2 N–H and O–H groups in total. The number of nitrogens with one attached hydrogen (secondary N) is 2. The van der Waals surface area contributed by atoms with Gasteiger partial charge in [-0.3, -0.25) is 10.1 Å². The maximum Gasteiger partial charge on any atom is 0.407 e. The fraction of sp³-hybridized carbons (Fsp3) is 0.316. The van der Waals surface area contributed by atoms with E-state index >= 15 is 0 Å². The van der Waals surface area contributed by atoms with Crippen LogP contribution in [0.1, 0.15) is 35.7 Å². The number of rotatable bonds is 6. The molecule has 0 aliphatic rings. The van der Waals surface area contributed by atoms with Crippen molar-refractivity contribution in [2.24, 2.45) is 0 Å². The van der Waals surface area contributed by atoms with E-state index in [0.29, 0.717) is 0 Å². The maximum atomic E-state index is 13.2. The van der Waals surface area contributed by atoms with E-state index in [1.165, 1.54) is 24.3 Å². The first-order valence-corrected chi connectivity index (χ1v) is 7.98. The van der Waals surface area contributed by atoms with E-state index in [9.17, 15) is 18.0 Å². The molecule has 2 aromatic carbocycles. The lowest BCUT2D eigenvalue weighted by molar-refractivity contribution is -0.158. The third kappa shape index (κ3) is 5.60. The summed E-state index contributed by atoms with van der Waals surface area (Å²) >= 11 is 0. The van der Waals surface area contributed by atoms with E-state index in [2.05, 4.69) is 10.6 Å². The van der Waals surface area contributed by atoms with Gasteiger partial charge in [-0.25, -0.2) is 0 Å². The second-order valence-electron chi connectivity index (χ2n) is 5.97. The summed E-state index contributed by atoms with van der Waals surface area (Å²) in [6.07, 6.45) is -4.48. The second-order valence-corrected chi connectivity index (χ2v) is 5.97. The summed E-state index contributed by atoms with van der Waals surface area (Å²) in [5.41, 5.74) is 2.07. The normalized spacial score (nSPS) is 14.0. The first-order chi connectivity index (χ1) is 11.8. The predicted molar refractivity (Wildman–Crippen MR) is 91.0 cm³/mol. The van der Waals surface area contributed by atoms with Crippen molar-refractivity contribution in [2.45, 2.75) is 32.1 Å². The minimum absolute atomic E-state index is 0.0781. The van der Waals surface area contributed by atoms with Crippen LogP contribution in [0.3, 0.4) is 0 Å². The van der Waals surface area contributed by atoms with Crippen LogP contribution in [-0.4, -0.2) is 18.6 Å². The summed E-state index contributed by atoms with van der Waals surface area (Å²) in [5, 5.41) is 5.01. The Labute approximate surface area is 145 Å². The molecule has 0 saturated heterocycles. The second kappa shape index (κ2) is 8.16. The van der Waals surface area contributed by atoms with Crippen molar-refractivity contribution >= 4 is 5.91 Å². The molecule has 134 valence electrons. The lowest BCUT2D eigenvalue weighted by atomic mass is 10.1. The molecule has 0 aliphatic carbocycles. The standard InChI is InChI=1S/C19H21F3N2O/c1-13-8-10-15(11-9-13)14(2)24-17(25)12-23-18(19(20,21)22)16-6-4-3-5-7-16/h3-11,14,18,23H,12H2,1-2H3,(H,24,25). The van der Waals surface area contributed by atoms with E-state index in [0.717, 1.165) is 11.1 Å². The molecule has 2 unspecified atom stereocenters. The molecular weight excluding hydrogens is 329 g/mol. The monoisotopic (exact) mass is 350 g/mol. The highest BCUT2D eigenvalue weighted by molar-refractivity contribution is 5.78. The van der Waals surface area contributed by atoms with Crippen LogP contribution in [0.15, 0.2) is 54.6 Å². The van der Waals surface area contributed by atoms with Gasteiger partial charge in [0.05, 0.1) is 12.6 Å². The van der Waals surface area contributed by atoms with Crippen LogP contribution in [0.2, 0.25) is 0 Å². The van der Waals surface area contributed by atoms with Gasteiger partial charge in [-0.1, -0.05) is 60.2 Å². The first-order valence-electron chi connectivity index (χ1n) is 7.98. The Balaban J connectivity index is 1.96. The van der Waals surface area contributed by atoms with Crippen molar-refractivity contribution in [3.63, 3.8) is 0 Å². The molecule has 0 spiro atoms.